The van der Waals surface area contributed by atoms with Crippen molar-refractivity contribution < 1.29 is 0 Å². The van der Waals surface area contributed by atoms with E-state index in [2.05, 4.69) is 34.6 Å². The second-order valence-corrected chi connectivity index (χ2v) is 7.87. The van der Waals surface area contributed by atoms with Crippen molar-refractivity contribution in [1.29, 1.82) is 0 Å². The van der Waals surface area contributed by atoms with Crippen LogP contribution in [0, 0.1) is 28.6 Å². The van der Waals surface area contributed by atoms with Crippen molar-refractivity contribution in [2.24, 2.45) is 28.6 Å². The molecule has 0 bridgehead atoms. The van der Waals surface area contributed by atoms with Crippen molar-refractivity contribution >= 4 is 0 Å². The third-order valence-electron chi connectivity index (χ3n) is 5.73. The van der Waals surface area contributed by atoms with Crippen molar-refractivity contribution in [3.63, 3.8) is 0 Å². The summed E-state index contributed by atoms with van der Waals surface area (Å²) >= 11 is 0. The van der Waals surface area contributed by atoms with Crippen LogP contribution in [0.5, 0.6) is 0 Å². The van der Waals surface area contributed by atoms with Crippen LogP contribution in [0.3, 0.4) is 0 Å². The summed E-state index contributed by atoms with van der Waals surface area (Å²) < 4.78 is 0. The maximum absolute atomic E-state index is 2.53. The zero-order valence-electron chi connectivity index (χ0n) is 12.0. The van der Waals surface area contributed by atoms with E-state index in [4.69, 9.17) is 0 Å². The summed E-state index contributed by atoms with van der Waals surface area (Å²) in [6, 6.07) is 0. The molecule has 2 aliphatic carbocycles. The zero-order valence-corrected chi connectivity index (χ0v) is 12.0. The minimum absolute atomic E-state index is 0.610. The lowest BCUT2D eigenvalue weighted by Crippen LogP contribution is -2.21. The van der Waals surface area contributed by atoms with Gasteiger partial charge < -0.3 is 0 Å². The first-order chi connectivity index (χ1) is 7.36. The maximum Gasteiger partial charge on any atom is -0.0320 e. The molecule has 2 saturated carbocycles. The largest absolute Gasteiger partial charge is 0.0651 e. The van der Waals surface area contributed by atoms with Crippen molar-refractivity contribution in [1.82, 2.24) is 0 Å². The molecular formula is C16H30. The number of rotatable bonds is 1. The van der Waals surface area contributed by atoms with E-state index in [0.717, 1.165) is 17.8 Å². The van der Waals surface area contributed by atoms with Crippen molar-refractivity contribution in [2.45, 2.75) is 73.1 Å². The van der Waals surface area contributed by atoms with Gasteiger partial charge in [0.05, 0.1) is 0 Å². The highest BCUT2D eigenvalue weighted by Gasteiger charge is 2.48. The van der Waals surface area contributed by atoms with E-state index >= 15 is 0 Å². The van der Waals surface area contributed by atoms with E-state index in [9.17, 15) is 0 Å². The van der Waals surface area contributed by atoms with Crippen LogP contribution in [0.2, 0.25) is 0 Å². The first-order valence-electron chi connectivity index (χ1n) is 7.36. The summed E-state index contributed by atoms with van der Waals surface area (Å²) in [7, 11) is 0. The van der Waals surface area contributed by atoms with Crippen LogP contribution in [0.4, 0.5) is 0 Å². The Morgan fingerprint density at radius 1 is 1.00 bits per heavy atom. The van der Waals surface area contributed by atoms with Gasteiger partial charge in [0, 0.05) is 0 Å². The summed E-state index contributed by atoms with van der Waals surface area (Å²) in [5, 5.41) is 0. The molecule has 0 radical (unpaired) electrons. The Kier molecular flexibility index (Phi) is 3.14. The van der Waals surface area contributed by atoms with Crippen LogP contribution < -0.4 is 0 Å². The van der Waals surface area contributed by atoms with Crippen molar-refractivity contribution in [3.05, 3.63) is 0 Å². The molecule has 3 atom stereocenters. The minimum atomic E-state index is 0.610. The zero-order chi connectivity index (χ0) is 12.0. The van der Waals surface area contributed by atoms with E-state index in [1.54, 1.807) is 0 Å². The Balaban J connectivity index is 2.17. The van der Waals surface area contributed by atoms with Gasteiger partial charge in [-0.1, -0.05) is 41.0 Å². The molecule has 0 amide bonds. The fourth-order valence-corrected chi connectivity index (χ4v) is 4.60. The molecule has 0 heterocycles. The minimum Gasteiger partial charge on any atom is -0.0651 e. The summed E-state index contributed by atoms with van der Waals surface area (Å²) in [6.45, 7) is 12.4. The first-order valence-corrected chi connectivity index (χ1v) is 7.36. The Morgan fingerprint density at radius 3 is 2.25 bits per heavy atom. The lowest BCUT2D eigenvalue weighted by molar-refractivity contribution is 0.198. The van der Waals surface area contributed by atoms with Gasteiger partial charge in [-0.05, 0) is 60.7 Å². The molecule has 0 aromatic rings. The van der Waals surface area contributed by atoms with Gasteiger partial charge in [0.2, 0.25) is 0 Å². The molecule has 0 nitrogen and oxygen atoms in total. The molecule has 3 unspecified atom stereocenters. The number of hydrogen-bond donors (Lipinski definition) is 0. The van der Waals surface area contributed by atoms with E-state index < -0.39 is 0 Å². The second kappa shape index (κ2) is 4.03. The highest BCUT2D eigenvalue weighted by molar-refractivity contribution is 4.98. The fourth-order valence-electron chi connectivity index (χ4n) is 4.60. The number of hydrogen-bond acceptors (Lipinski definition) is 0. The van der Waals surface area contributed by atoms with Gasteiger partial charge in [0.25, 0.3) is 0 Å². The van der Waals surface area contributed by atoms with Crippen LogP contribution in [-0.4, -0.2) is 0 Å². The van der Waals surface area contributed by atoms with Gasteiger partial charge in [-0.25, -0.2) is 0 Å². The summed E-state index contributed by atoms with van der Waals surface area (Å²) in [4.78, 5) is 0. The van der Waals surface area contributed by atoms with E-state index in [1.165, 1.54) is 38.5 Å². The third-order valence-corrected chi connectivity index (χ3v) is 5.73. The number of fused-ring (bicyclic) bond motifs is 1. The van der Waals surface area contributed by atoms with Crippen molar-refractivity contribution in [2.75, 3.05) is 0 Å². The highest BCUT2D eigenvalue weighted by Crippen LogP contribution is 2.57. The van der Waals surface area contributed by atoms with Crippen LogP contribution in [0.15, 0.2) is 0 Å². The Bertz CT molecular complexity index is 249. The van der Waals surface area contributed by atoms with Gasteiger partial charge in [0.15, 0.2) is 0 Å². The van der Waals surface area contributed by atoms with E-state index in [1.807, 2.05) is 0 Å². The smallest absolute Gasteiger partial charge is 0.0320 e. The predicted octanol–water partition coefficient (Wildman–Crippen LogP) is 5.28. The van der Waals surface area contributed by atoms with Crippen LogP contribution in [-0.2, 0) is 0 Å². The topological polar surface area (TPSA) is 0 Å². The molecule has 0 spiro atoms. The fraction of sp³-hybridized carbons (Fsp3) is 1.00. The Morgan fingerprint density at radius 2 is 1.62 bits per heavy atom. The SMILES string of the molecule is CCC1CC(C)(C)C2CCC(C)(C)CCC12. The van der Waals surface area contributed by atoms with Gasteiger partial charge in [-0.3, -0.25) is 0 Å². The monoisotopic (exact) mass is 222 g/mol. The maximum atomic E-state index is 2.53. The standard InChI is InChI=1S/C16H30/c1-6-12-11-16(4,5)14-8-10-15(2,3)9-7-13(12)14/h12-14H,6-11H2,1-5H3. The summed E-state index contributed by atoms with van der Waals surface area (Å²) in [5.41, 5.74) is 1.23. The molecule has 0 saturated heterocycles. The lowest BCUT2D eigenvalue weighted by Gasteiger charge is -2.30. The normalized spacial score (nSPS) is 41.4. The molecule has 94 valence electrons. The highest BCUT2D eigenvalue weighted by atomic mass is 14.5. The third kappa shape index (κ3) is 2.17. The van der Waals surface area contributed by atoms with Crippen LogP contribution in [0.1, 0.15) is 73.1 Å². The molecule has 2 aliphatic rings. The average molecular weight is 222 g/mol. The lowest BCUT2D eigenvalue weighted by atomic mass is 9.75. The first kappa shape index (κ1) is 12.5. The van der Waals surface area contributed by atoms with E-state index in [-0.39, 0.29) is 0 Å². The molecule has 2 fully saturated rings. The molecule has 0 aliphatic heterocycles. The van der Waals surface area contributed by atoms with Crippen molar-refractivity contribution in [3.8, 4) is 0 Å². The quantitative estimate of drug-likeness (QED) is 0.566. The predicted molar refractivity (Wildman–Crippen MR) is 71.4 cm³/mol. The van der Waals surface area contributed by atoms with Gasteiger partial charge >= 0.3 is 0 Å². The molecular weight excluding hydrogens is 192 g/mol. The van der Waals surface area contributed by atoms with Gasteiger partial charge in [-0.2, -0.15) is 0 Å². The van der Waals surface area contributed by atoms with Gasteiger partial charge in [0.1, 0.15) is 0 Å². The molecule has 2 rings (SSSR count). The molecule has 0 heteroatoms. The molecule has 0 aromatic heterocycles. The Hall–Kier alpha value is 0. The summed E-state index contributed by atoms with van der Waals surface area (Å²) in [6.07, 6.45) is 8.79. The molecule has 16 heavy (non-hydrogen) atoms. The molecule has 0 aromatic carbocycles. The van der Waals surface area contributed by atoms with Crippen LogP contribution >= 0.6 is 0 Å². The second-order valence-electron chi connectivity index (χ2n) is 7.87. The van der Waals surface area contributed by atoms with Gasteiger partial charge in [-0.15, -0.1) is 0 Å². The van der Waals surface area contributed by atoms with Crippen LogP contribution in [0.25, 0.3) is 0 Å². The van der Waals surface area contributed by atoms with E-state index in [0.29, 0.717) is 10.8 Å². The Labute approximate surface area is 102 Å². The molecule has 0 N–H and O–H groups in total. The average Bonchev–Trinajstić information content (AvgIpc) is 2.29. The summed E-state index contributed by atoms with van der Waals surface area (Å²) in [5.74, 6) is 3.08.